The van der Waals surface area contributed by atoms with Crippen molar-refractivity contribution < 1.29 is 13.9 Å². The lowest BCUT2D eigenvalue weighted by molar-refractivity contribution is 0.0598. The molecule has 0 bridgehead atoms. The van der Waals surface area contributed by atoms with Gasteiger partial charge < -0.3 is 9.52 Å². The summed E-state index contributed by atoms with van der Waals surface area (Å²) in [6.07, 6.45) is 1.01. The molecular formula is C17H23Cl2FN2O2. The fourth-order valence-electron chi connectivity index (χ4n) is 2.79. The highest BCUT2D eigenvalue weighted by molar-refractivity contribution is 5.85. The van der Waals surface area contributed by atoms with E-state index >= 15 is 0 Å². The average molecular weight is 377 g/mol. The molecule has 1 unspecified atom stereocenters. The van der Waals surface area contributed by atoms with E-state index in [9.17, 15) is 9.50 Å². The predicted octanol–water partition coefficient (Wildman–Crippen LogP) is 3.11. The zero-order chi connectivity index (χ0) is 15.4. The smallest absolute Gasteiger partial charge is 0.133 e. The predicted molar refractivity (Wildman–Crippen MR) is 96.3 cm³/mol. The normalized spacial score (nSPS) is 16.9. The summed E-state index contributed by atoms with van der Waals surface area (Å²) in [5.41, 5.74) is 1.13. The molecule has 0 spiro atoms. The van der Waals surface area contributed by atoms with Gasteiger partial charge in [0, 0.05) is 39.3 Å². The van der Waals surface area contributed by atoms with Crippen LogP contribution in [0.15, 0.2) is 47.1 Å². The van der Waals surface area contributed by atoms with E-state index in [4.69, 9.17) is 4.42 Å². The van der Waals surface area contributed by atoms with Gasteiger partial charge in [-0.15, -0.1) is 24.8 Å². The Morgan fingerprint density at radius 3 is 2.21 bits per heavy atom. The molecule has 1 atom stereocenters. The number of aliphatic hydroxyl groups excluding tert-OH is 1. The van der Waals surface area contributed by atoms with E-state index in [0.29, 0.717) is 12.3 Å². The van der Waals surface area contributed by atoms with Gasteiger partial charge in [0.1, 0.15) is 17.7 Å². The van der Waals surface area contributed by atoms with Gasteiger partial charge in [0.15, 0.2) is 0 Å². The van der Waals surface area contributed by atoms with Crippen molar-refractivity contribution in [3.8, 4) is 0 Å². The van der Waals surface area contributed by atoms with E-state index in [-0.39, 0.29) is 30.6 Å². The number of nitrogens with zero attached hydrogens (tertiary/aromatic N) is 2. The molecule has 0 aliphatic carbocycles. The van der Waals surface area contributed by atoms with Crippen LogP contribution in [-0.2, 0) is 6.54 Å². The highest BCUT2D eigenvalue weighted by Crippen LogP contribution is 2.16. The first-order valence-electron chi connectivity index (χ1n) is 7.61. The number of rotatable bonds is 5. The highest BCUT2D eigenvalue weighted by atomic mass is 35.5. The molecule has 24 heavy (non-hydrogen) atoms. The molecule has 2 aromatic rings. The Hall–Kier alpha value is -1.11. The highest BCUT2D eigenvalue weighted by Gasteiger charge is 2.21. The van der Waals surface area contributed by atoms with Crippen LogP contribution in [0.2, 0.25) is 0 Å². The van der Waals surface area contributed by atoms with Crippen LogP contribution in [0.5, 0.6) is 0 Å². The van der Waals surface area contributed by atoms with Crippen LogP contribution in [0.3, 0.4) is 0 Å². The van der Waals surface area contributed by atoms with Crippen LogP contribution >= 0.6 is 24.8 Å². The van der Waals surface area contributed by atoms with Gasteiger partial charge >= 0.3 is 0 Å². The summed E-state index contributed by atoms with van der Waals surface area (Å²) >= 11 is 0. The summed E-state index contributed by atoms with van der Waals surface area (Å²) in [7, 11) is 0. The summed E-state index contributed by atoms with van der Waals surface area (Å²) in [5.74, 6) is 0.425. The van der Waals surface area contributed by atoms with Crippen molar-refractivity contribution in [2.75, 3.05) is 32.7 Å². The Balaban J connectivity index is 0.00000144. The molecule has 1 saturated heterocycles. The molecule has 1 N–H and O–H groups in total. The van der Waals surface area contributed by atoms with E-state index in [1.165, 1.54) is 12.1 Å². The van der Waals surface area contributed by atoms with E-state index < -0.39 is 6.10 Å². The molecule has 0 saturated carbocycles. The Morgan fingerprint density at radius 2 is 1.62 bits per heavy atom. The van der Waals surface area contributed by atoms with Crippen molar-refractivity contribution >= 4 is 24.8 Å². The second-order valence-electron chi connectivity index (χ2n) is 5.73. The van der Waals surface area contributed by atoms with E-state index in [0.717, 1.165) is 38.3 Å². The monoisotopic (exact) mass is 376 g/mol. The lowest BCUT2D eigenvalue weighted by Gasteiger charge is -2.35. The van der Waals surface area contributed by atoms with Gasteiger partial charge in [0.25, 0.3) is 0 Å². The van der Waals surface area contributed by atoms with Crippen molar-refractivity contribution in [3.05, 3.63) is 59.8 Å². The summed E-state index contributed by atoms with van der Waals surface area (Å²) < 4.78 is 18.1. The van der Waals surface area contributed by atoms with Crippen molar-refractivity contribution in [2.45, 2.75) is 12.6 Å². The Labute approximate surface area is 154 Å². The summed E-state index contributed by atoms with van der Waals surface area (Å²) in [5, 5.41) is 10.1. The summed E-state index contributed by atoms with van der Waals surface area (Å²) in [6.45, 7) is 5.16. The summed E-state index contributed by atoms with van der Waals surface area (Å²) in [6, 6.07) is 10.3. The van der Waals surface area contributed by atoms with Gasteiger partial charge in [0.2, 0.25) is 0 Å². The van der Waals surface area contributed by atoms with Crippen LogP contribution in [0.1, 0.15) is 17.4 Å². The van der Waals surface area contributed by atoms with Crippen LogP contribution in [0.4, 0.5) is 4.39 Å². The maximum absolute atomic E-state index is 12.9. The maximum atomic E-state index is 12.9. The lowest BCUT2D eigenvalue weighted by Crippen LogP contribution is -2.47. The van der Waals surface area contributed by atoms with Crippen molar-refractivity contribution in [1.29, 1.82) is 0 Å². The molecule has 1 fully saturated rings. The van der Waals surface area contributed by atoms with Crippen LogP contribution < -0.4 is 0 Å². The molecular weight excluding hydrogens is 354 g/mol. The van der Waals surface area contributed by atoms with Crippen molar-refractivity contribution in [2.24, 2.45) is 0 Å². The Bertz CT molecular complexity index is 573. The first kappa shape index (κ1) is 20.9. The van der Waals surface area contributed by atoms with Crippen molar-refractivity contribution in [1.82, 2.24) is 9.80 Å². The standard InChI is InChI=1S/C17H21FN2O2.2ClH/c18-15-5-3-14(4-6-15)12-19-7-9-20(10-8-19)13-16(21)17-2-1-11-22-17;;/h1-6,11,16,21H,7-10,12-13H2;2*1H. The van der Waals surface area contributed by atoms with Gasteiger partial charge in [-0.2, -0.15) is 0 Å². The molecule has 4 nitrogen and oxygen atoms in total. The molecule has 7 heteroatoms. The summed E-state index contributed by atoms with van der Waals surface area (Å²) in [4.78, 5) is 4.59. The second-order valence-corrected chi connectivity index (χ2v) is 5.73. The largest absolute Gasteiger partial charge is 0.467 e. The van der Waals surface area contributed by atoms with Crippen LogP contribution in [0.25, 0.3) is 0 Å². The van der Waals surface area contributed by atoms with E-state index in [1.807, 2.05) is 12.1 Å². The van der Waals surface area contributed by atoms with Gasteiger partial charge in [0.05, 0.1) is 6.26 Å². The molecule has 1 aliphatic heterocycles. The molecule has 134 valence electrons. The van der Waals surface area contributed by atoms with Crippen molar-refractivity contribution in [3.63, 3.8) is 0 Å². The Kier molecular flexibility index (Phi) is 8.73. The second kappa shape index (κ2) is 10.0. The molecule has 1 aromatic heterocycles. The third-order valence-corrected chi connectivity index (χ3v) is 4.09. The number of piperazine rings is 1. The number of benzene rings is 1. The number of hydrogen-bond donors (Lipinski definition) is 1. The van der Waals surface area contributed by atoms with Gasteiger partial charge in [-0.05, 0) is 29.8 Å². The molecule has 3 rings (SSSR count). The first-order chi connectivity index (χ1) is 10.7. The fraction of sp³-hybridized carbons (Fsp3) is 0.412. The molecule has 0 amide bonds. The number of hydrogen-bond acceptors (Lipinski definition) is 4. The lowest BCUT2D eigenvalue weighted by atomic mass is 10.2. The first-order valence-corrected chi connectivity index (χ1v) is 7.61. The molecule has 1 aromatic carbocycles. The minimum atomic E-state index is -0.571. The number of β-amino-alcohol motifs (C(OH)–C–C–N with tert-alkyl or cyclic N) is 1. The van der Waals surface area contributed by atoms with Crippen LogP contribution in [-0.4, -0.2) is 47.6 Å². The minimum Gasteiger partial charge on any atom is -0.467 e. The number of aliphatic hydroxyl groups is 1. The van der Waals surface area contributed by atoms with E-state index in [1.54, 1.807) is 18.4 Å². The number of halogens is 3. The average Bonchev–Trinajstić information content (AvgIpc) is 3.06. The van der Waals surface area contributed by atoms with Gasteiger partial charge in [-0.25, -0.2) is 4.39 Å². The number of furan rings is 1. The molecule has 0 radical (unpaired) electrons. The Morgan fingerprint density at radius 1 is 1.00 bits per heavy atom. The minimum absolute atomic E-state index is 0. The SMILES string of the molecule is Cl.Cl.OC(CN1CCN(Cc2ccc(F)cc2)CC1)c1ccco1. The van der Waals surface area contributed by atoms with Gasteiger partial charge in [-0.3, -0.25) is 9.80 Å². The zero-order valence-electron chi connectivity index (χ0n) is 13.3. The topological polar surface area (TPSA) is 39.9 Å². The van der Waals surface area contributed by atoms with Gasteiger partial charge in [-0.1, -0.05) is 12.1 Å². The maximum Gasteiger partial charge on any atom is 0.133 e. The third kappa shape index (κ3) is 5.76. The molecule has 1 aliphatic rings. The zero-order valence-corrected chi connectivity index (χ0v) is 14.9. The third-order valence-electron chi connectivity index (χ3n) is 4.09. The van der Waals surface area contributed by atoms with E-state index in [2.05, 4.69) is 9.80 Å². The molecule has 2 heterocycles. The van der Waals surface area contributed by atoms with Crippen LogP contribution in [0, 0.1) is 5.82 Å². The quantitative estimate of drug-likeness (QED) is 0.869. The fourth-order valence-corrected chi connectivity index (χ4v) is 2.79.